The van der Waals surface area contributed by atoms with Crippen LogP contribution < -0.4 is 5.56 Å². The summed E-state index contributed by atoms with van der Waals surface area (Å²) in [7, 11) is 0. The Bertz CT molecular complexity index is 969. The van der Waals surface area contributed by atoms with Crippen LogP contribution in [0.3, 0.4) is 0 Å². The fraction of sp³-hybridized carbons (Fsp3) is 0.353. The van der Waals surface area contributed by atoms with E-state index in [2.05, 4.69) is 23.2 Å². The first kappa shape index (κ1) is 15.7. The molecule has 0 bridgehead atoms. The third kappa shape index (κ3) is 2.63. The van der Waals surface area contributed by atoms with Crippen molar-refractivity contribution >= 4 is 32.5 Å². The van der Waals surface area contributed by atoms with Gasteiger partial charge in [-0.15, -0.1) is 0 Å². The highest BCUT2D eigenvalue weighted by molar-refractivity contribution is 7.23. The molecule has 0 saturated carbocycles. The maximum absolute atomic E-state index is 12.3. The Balaban J connectivity index is 2.38. The number of nitrogens with zero attached hydrogens (tertiary/aromatic N) is 2. The lowest BCUT2D eigenvalue weighted by Gasteiger charge is -2.13. The number of carboxylic acid groups (broad SMARTS) is 1. The zero-order valence-electron chi connectivity index (χ0n) is 13.3. The molecule has 0 aliphatic carbocycles. The highest BCUT2D eigenvalue weighted by atomic mass is 32.1. The van der Waals surface area contributed by atoms with Gasteiger partial charge in [-0.25, -0.2) is 0 Å². The van der Waals surface area contributed by atoms with Crippen molar-refractivity contribution < 1.29 is 9.90 Å². The van der Waals surface area contributed by atoms with Crippen molar-refractivity contribution in [2.75, 3.05) is 0 Å². The van der Waals surface area contributed by atoms with Gasteiger partial charge >= 0.3 is 5.97 Å². The summed E-state index contributed by atoms with van der Waals surface area (Å²) in [5.74, 6) is -0.654. The van der Waals surface area contributed by atoms with Crippen molar-refractivity contribution in [1.29, 1.82) is 0 Å². The second-order valence-corrected chi connectivity index (χ2v) is 6.89. The molecule has 1 N–H and O–H groups in total. The molecule has 1 aromatic carbocycles. The number of aromatic nitrogens is 2. The van der Waals surface area contributed by atoms with E-state index in [0.717, 1.165) is 27.0 Å². The number of benzene rings is 1. The monoisotopic (exact) mass is 330 g/mol. The molecule has 3 rings (SSSR count). The predicted molar refractivity (Wildman–Crippen MR) is 91.7 cm³/mol. The van der Waals surface area contributed by atoms with Crippen LogP contribution in [0.15, 0.2) is 23.0 Å². The fourth-order valence-corrected chi connectivity index (χ4v) is 4.09. The SMILES string of the molecule is CCc1c(C(C)C)n2c(nc1=O)sc1cc(CC(=O)O)ccc12. The summed E-state index contributed by atoms with van der Waals surface area (Å²) in [5, 5.41) is 8.94. The molecular formula is C17H18N2O3S. The van der Waals surface area contributed by atoms with E-state index in [9.17, 15) is 9.59 Å². The van der Waals surface area contributed by atoms with Crippen molar-refractivity contribution in [3.05, 3.63) is 45.4 Å². The number of thiazole rings is 1. The maximum atomic E-state index is 12.3. The first-order chi connectivity index (χ1) is 10.9. The number of carboxylic acids is 1. The molecule has 0 saturated heterocycles. The van der Waals surface area contributed by atoms with Gasteiger partial charge in [-0.2, -0.15) is 4.98 Å². The quantitative estimate of drug-likeness (QED) is 0.797. The van der Waals surface area contributed by atoms with Gasteiger partial charge < -0.3 is 5.11 Å². The summed E-state index contributed by atoms with van der Waals surface area (Å²) in [6.45, 7) is 6.11. The Labute approximate surface area is 137 Å². The van der Waals surface area contributed by atoms with Crippen LogP contribution in [0.1, 0.15) is 43.5 Å². The molecule has 0 unspecified atom stereocenters. The molecule has 2 heterocycles. The third-order valence-electron chi connectivity index (χ3n) is 3.92. The van der Waals surface area contributed by atoms with E-state index in [4.69, 9.17) is 5.11 Å². The minimum absolute atomic E-state index is 0.00761. The first-order valence-corrected chi connectivity index (χ1v) is 8.42. The molecule has 0 spiro atoms. The van der Waals surface area contributed by atoms with Crippen molar-refractivity contribution in [2.45, 2.75) is 39.5 Å². The van der Waals surface area contributed by atoms with Crippen LogP contribution in [0, 0.1) is 0 Å². The average molecular weight is 330 g/mol. The maximum Gasteiger partial charge on any atom is 0.307 e. The molecule has 6 heteroatoms. The number of fused-ring (bicyclic) bond motifs is 3. The van der Waals surface area contributed by atoms with Crippen LogP contribution in [-0.4, -0.2) is 20.5 Å². The largest absolute Gasteiger partial charge is 0.481 e. The lowest BCUT2D eigenvalue weighted by Crippen LogP contribution is -2.19. The summed E-state index contributed by atoms with van der Waals surface area (Å²) in [6.07, 6.45) is 0.642. The second-order valence-electron chi connectivity index (χ2n) is 5.88. The molecule has 5 nitrogen and oxygen atoms in total. The van der Waals surface area contributed by atoms with Gasteiger partial charge in [0.1, 0.15) is 0 Å². The molecule has 0 aliphatic heterocycles. The predicted octanol–water partition coefficient (Wildman–Crippen LogP) is 3.22. The van der Waals surface area contributed by atoms with E-state index in [0.29, 0.717) is 11.4 Å². The molecular weight excluding hydrogens is 312 g/mol. The van der Waals surface area contributed by atoms with Gasteiger partial charge in [0.25, 0.3) is 5.56 Å². The lowest BCUT2D eigenvalue weighted by molar-refractivity contribution is -0.136. The van der Waals surface area contributed by atoms with Gasteiger partial charge in [0, 0.05) is 11.3 Å². The second kappa shape index (κ2) is 5.77. The lowest BCUT2D eigenvalue weighted by atomic mass is 10.0. The molecule has 0 aliphatic rings. The van der Waals surface area contributed by atoms with Crippen LogP contribution in [0.25, 0.3) is 15.2 Å². The number of rotatable bonds is 4. The molecule has 23 heavy (non-hydrogen) atoms. The van der Waals surface area contributed by atoms with Crippen molar-refractivity contribution in [2.24, 2.45) is 0 Å². The molecule has 0 atom stereocenters. The van der Waals surface area contributed by atoms with Gasteiger partial charge in [-0.1, -0.05) is 38.2 Å². The molecule has 3 aromatic rings. The minimum Gasteiger partial charge on any atom is -0.481 e. The van der Waals surface area contributed by atoms with Crippen molar-refractivity contribution in [3.63, 3.8) is 0 Å². The van der Waals surface area contributed by atoms with Crippen LogP contribution in [0.4, 0.5) is 0 Å². The van der Waals surface area contributed by atoms with E-state index >= 15 is 0 Å². The van der Waals surface area contributed by atoms with Gasteiger partial charge in [0.15, 0.2) is 4.96 Å². The van der Waals surface area contributed by atoms with E-state index in [1.807, 2.05) is 25.1 Å². The van der Waals surface area contributed by atoms with Gasteiger partial charge in [0.05, 0.1) is 16.6 Å². The molecule has 2 aromatic heterocycles. The number of carbonyl (C=O) groups is 1. The first-order valence-electron chi connectivity index (χ1n) is 7.61. The Morgan fingerprint density at radius 1 is 1.39 bits per heavy atom. The van der Waals surface area contributed by atoms with Crippen LogP contribution in [0.2, 0.25) is 0 Å². The van der Waals surface area contributed by atoms with Gasteiger partial charge in [-0.3, -0.25) is 14.0 Å². The summed E-state index contributed by atoms with van der Waals surface area (Å²) in [6, 6.07) is 5.63. The summed E-state index contributed by atoms with van der Waals surface area (Å²) < 4.78 is 3.00. The normalized spacial score (nSPS) is 11.7. The van der Waals surface area contributed by atoms with E-state index in [-0.39, 0.29) is 17.9 Å². The van der Waals surface area contributed by atoms with Gasteiger partial charge in [0.2, 0.25) is 0 Å². The topological polar surface area (TPSA) is 71.7 Å². The number of aliphatic carboxylic acids is 1. The summed E-state index contributed by atoms with van der Waals surface area (Å²) in [5.41, 5.74) is 3.33. The van der Waals surface area contributed by atoms with Crippen molar-refractivity contribution in [1.82, 2.24) is 9.38 Å². The Kier molecular flexibility index (Phi) is 3.93. The van der Waals surface area contributed by atoms with Crippen LogP contribution in [-0.2, 0) is 17.6 Å². The highest BCUT2D eigenvalue weighted by Crippen LogP contribution is 2.30. The van der Waals surface area contributed by atoms with E-state index in [1.54, 1.807) is 0 Å². The molecule has 0 radical (unpaired) electrons. The third-order valence-corrected chi connectivity index (χ3v) is 4.92. The minimum atomic E-state index is -0.853. The zero-order valence-corrected chi connectivity index (χ0v) is 14.1. The Morgan fingerprint density at radius 2 is 2.13 bits per heavy atom. The zero-order chi connectivity index (χ0) is 16.7. The van der Waals surface area contributed by atoms with Crippen LogP contribution in [0.5, 0.6) is 0 Å². The molecule has 0 amide bonds. The Hall–Kier alpha value is -2.21. The molecule has 0 fully saturated rings. The standard InChI is InChI=1S/C17H18N2O3S/c1-4-11-15(9(2)3)19-12-6-5-10(8-14(20)21)7-13(12)23-17(19)18-16(11)22/h5-7,9H,4,8H2,1-3H3,(H,20,21). The highest BCUT2D eigenvalue weighted by Gasteiger charge is 2.18. The smallest absolute Gasteiger partial charge is 0.307 e. The van der Waals surface area contributed by atoms with E-state index < -0.39 is 5.97 Å². The molecule has 120 valence electrons. The Morgan fingerprint density at radius 3 is 2.74 bits per heavy atom. The number of hydrogen-bond acceptors (Lipinski definition) is 4. The van der Waals surface area contributed by atoms with Gasteiger partial charge in [-0.05, 0) is 30.0 Å². The van der Waals surface area contributed by atoms with Crippen molar-refractivity contribution in [3.8, 4) is 0 Å². The average Bonchev–Trinajstić information content (AvgIpc) is 2.81. The van der Waals surface area contributed by atoms with Crippen LogP contribution >= 0.6 is 11.3 Å². The van der Waals surface area contributed by atoms with E-state index in [1.165, 1.54) is 11.3 Å². The fourth-order valence-electron chi connectivity index (χ4n) is 3.00. The summed E-state index contributed by atoms with van der Waals surface area (Å²) in [4.78, 5) is 28.1. The summed E-state index contributed by atoms with van der Waals surface area (Å²) >= 11 is 1.43. The number of hydrogen-bond donors (Lipinski definition) is 1.